The van der Waals surface area contributed by atoms with Gasteiger partial charge in [-0.1, -0.05) is 6.07 Å². The Morgan fingerprint density at radius 3 is 2.63 bits per heavy atom. The number of benzene rings is 1. The van der Waals surface area contributed by atoms with Crippen LogP contribution in [0.4, 0.5) is 8.78 Å². The molecule has 0 amide bonds. The number of hydrogen-bond acceptors (Lipinski definition) is 2. The molecule has 0 spiro atoms. The number of hydrogen-bond donors (Lipinski definition) is 1. The highest BCUT2D eigenvalue weighted by atomic mass is 19.2. The van der Waals surface area contributed by atoms with Gasteiger partial charge in [0.05, 0.1) is 0 Å². The Morgan fingerprint density at radius 2 is 2.00 bits per heavy atom. The third kappa shape index (κ3) is 3.15. The van der Waals surface area contributed by atoms with Gasteiger partial charge in [0.1, 0.15) is 0 Å². The predicted molar refractivity (Wildman–Crippen MR) is 70.8 cm³/mol. The quantitative estimate of drug-likeness (QED) is 0.915. The van der Waals surface area contributed by atoms with Crippen molar-refractivity contribution in [3.63, 3.8) is 0 Å². The molecule has 0 saturated heterocycles. The van der Waals surface area contributed by atoms with Crippen LogP contribution in [0.1, 0.15) is 22.7 Å². The number of rotatable bonds is 4. The minimum atomic E-state index is -0.817. The van der Waals surface area contributed by atoms with E-state index < -0.39 is 11.6 Å². The minimum Gasteiger partial charge on any atom is -0.313 e. The highest BCUT2D eigenvalue weighted by molar-refractivity contribution is 5.28. The first-order valence-electron chi connectivity index (χ1n) is 6.13. The van der Waals surface area contributed by atoms with Crippen LogP contribution in [0, 0.1) is 18.6 Å². The van der Waals surface area contributed by atoms with Crippen molar-refractivity contribution < 1.29 is 8.78 Å². The third-order valence-corrected chi connectivity index (χ3v) is 3.23. The van der Waals surface area contributed by atoms with E-state index in [2.05, 4.69) is 10.3 Å². The summed E-state index contributed by atoms with van der Waals surface area (Å²) < 4.78 is 26.1. The molecule has 1 heterocycles. The van der Waals surface area contributed by atoms with Crippen LogP contribution in [0.2, 0.25) is 0 Å². The summed E-state index contributed by atoms with van der Waals surface area (Å²) in [6.07, 6.45) is 4.12. The summed E-state index contributed by atoms with van der Waals surface area (Å²) in [4.78, 5) is 4.11. The zero-order valence-corrected chi connectivity index (χ0v) is 11.0. The highest BCUT2D eigenvalue weighted by Crippen LogP contribution is 2.21. The van der Waals surface area contributed by atoms with Gasteiger partial charge < -0.3 is 5.32 Å². The van der Waals surface area contributed by atoms with E-state index in [-0.39, 0.29) is 6.04 Å². The lowest BCUT2D eigenvalue weighted by Crippen LogP contribution is -2.20. The number of aromatic nitrogens is 1. The van der Waals surface area contributed by atoms with Gasteiger partial charge in [-0.2, -0.15) is 0 Å². The molecule has 1 aromatic heterocycles. The Labute approximate surface area is 111 Å². The molecule has 0 aliphatic rings. The van der Waals surface area contributed by atoms with Crippen LogP contribution in [0.15, 0.2) is 36.7 Å². The van der Waals surface area contributed by atoms with Gasteiger partial charge in [-0.3, -0.25) is 4.98 Å². The largest absolute Gasteiger partial charge is 0.313 e. The smallest absolute Gasteiger partial charge is 0.159 e. The van der Waals surface area contributed by atoms with Crippen molar-refractivity contribution >= 4 is 0 Å². The van der Waals surface area contributed by atoms with Crippen LogP contribution >= 0.6 is 0 Å². The zero-order valence-electron chi connectivity index (χ0n) is 11.0. The summed E-state index contributed by atoms with van der Waals surface area (Å²) in [7, 11) is 1.84. The Morgan fingerprint density at radius 1 is 1.21 bits per heavy atom. The third-order valence-electron chi connectivity index (χ3n) is 3.23. The molecule has 0 fully saturated rings. The first-order chi connectivity index (χ1) is 9.11. The molecular weight excluding hydrogens is 246 g/mol. The summed E-state index contributed by atoms with van der Waals surface area (Å²) in [6.45, 7) is 2.01. The molecule has 0 radical (unpaired) electrons. The fourth-order valence-corrected chi connectivity index (χ4v) is 2.11. The summed E-state index contributed by atoms with van der Waals surface area (Å²) in [5.74, 6) is -1.63. The Balaban J connectivity index is 2.24. The maximum absolute atomic E-state index is 13.2. The maximum atomic E-state index is 13.2. The van der Waals surface area contributed by atoms with Crippen molar-refractivity contribution in [3.05, 3.63) is 65.0 Å². The highest BCUT2D eigenvalue weighted by Gasteiger charge is 2.13. The van der Waals surface area contributed by atoms with Gasteiger partial charge in [0, 0.05) is 18.4 Å². The fourth-order valence-electron chi connectivity index (χ4n) is 2.11. The van der Waals surface area contributed by atoms with Gasteiger partial charge in [-0.25, -0.2) is 8.78 Å². The van der Waals surface area contributed by atoms with Crippen LogP contribution in [0.3, 0.4) is 0 Å². The molecule has 2 aromatic rings. The van der Waals surface area contributed by atoms with E-state index in [1.54, 1.807) is 18.5 Å². The van der Waals surface area contributed by atoms with Crippen LogP contribution < -0.4 is 5.32 Å². The molecule has 0 bridgehead atoms. The van der Waals surface area contributed by atoms with E-state index in [1.165, 1.54) is 6.07 Å². The molecule has 1 aromatic carbocycles. The van der Waals surface area contributed by atoms with Crippen LogP contribution in [0.5, 0.6) is 0 Å². The number of nitrogens with one attached hydrogen (secondary N) is 1. The molecule has 100 valence electrons. The van der Waals surface area contributed by atoms with Crippen molar-refractivity contribution in [2.45, 2.75) is 19.4 Å². The lowest BCUT2D eigenvalue weighted by molar-refractivity contribution is 0.504. The lowest BCUT2D eigenvalue weighted by atomic mass is 9.97. The normalized spacial score (nSPS) is 12.4. The maximum Gasteiger partial charge on any atom is 0.159 e. The number of likely N-dealkylation sites (N-methyl/N-ethyl adjacent to an activating group) is 1. The minimum absolute atomic E-state index is 0.0264. The topological polar surface area (TPSA) is 24.9 Å². The second-order valence-corrected chi connectivity index (χ2v) is 4.53. The zero-order chi connectivity index (χ0) is 13.8. The fraction of sp³-hybridized carbons (Fsp3) is 0.267. The average Bonchev–Trinajstić information content (AvgIpc) is 2.41. The predicted octanol–water partition coefficient (Wildman–Crippen LogP) is 3.17. The SMILES string of the molecule is CNC(Cc1ccc(F)c(F)c1)c1cnccc1C. The van der Waals surface area contributed by atoms with E-state index in [4.69, 9.17) is 0 Å². The Hall–Kier alpha value is -1.81. The molecule has 1 unspecified atom stereocenters. The van der Waals surface area contributed by atoms with Gasteiger partial charge in [-0.15, -0.1) is 0 Å². The van der Waals surface area contributed by atoms with Gasteiger partial charge in [0.15, 0.2) is 11.6 Å². The van der Waals surface area contributed by atoms with Crippen molar-refractivity contribution in [1.29, 1.82) is 0 Å². The second-order valence-electron chi connectivity index (χ2n) is 4.53. The molecule has 1 N–H and O–H groups in total. The molecule has 1 atom stereocenters. The second kappa shape index (κ2) is 5.89. The van der Waals surface area contributed by atoms with Crippen molar-refractivity contribution in [2.24, 2.45) is 0 Å². The summed E-state index contributed by atoms with van der Waals surface area (Å²) >= 11 is 0. The van der Waals surface area contributed by atoms with Crippen LogP contribution in [-0.4, -0.2) is 12.0 Å². The molecule has 4 heteroatoms. The molecule has 0 aliphatic heterocycles. The standard InChI is InChI=1S/C15H16F2N2/c1-10-5-6-19-9-12(10)15(18-2)8-11-3-4-13(16)14(17)7-11/h3-7,9,15,18H,8H2,1-2H3. The van der Waals surface area contributed by atoms with Crippen molar-refractivity contribution in [3.8, 4) is 0 Å². The van der Waals surface area contributed by atoms with Gasteiger partial charge in [0.25, 0.3) is 0 Å². The van der Waals surface area contributed by atoms with E-state index in [0.717, 1.165) is 22.8 Å². The van der Waals surface area contributed by atoms with Gasteiger partial charge in [0.2, 0.25) is 0 Å². The van der Waals surface area contributed by atoms with Crippen LogP contribution in [-0.2, 0) is 6.42 Å². The summed E-state index contributed by atoms with van der Waals surface area (Å²) in [5, 5.41) is 3.19. The molecule has 2 nitrogen and oxygen atoms in total. The average molecular weight is 262 g/mol. The van der Waals surface area contributed by atoms with Crippen molar-refractivity contribution in [2.75, 3.05) is 7.05 Å². The number of aryl methyl sites for hydroxylation is 1. The van der Waals surface area contributed by atoms with Crippen molar-refractivity contribution in [1.82, 2.24) is 10.3 Å². The van der Waals surface area contributed by atoms with E-state index in [1.807, 2.05) is 20.0 Å². The monoisotopic (exact) mass is 262 g/mol. The lowest BCUT2D eigenvalue weighted by Gasteiger charge is -2.18. The Bertz CT molecular complexity index is 570. The van der Waals surface area contributed by atoms with E-state index in [9.17, 15) is 8.78 Å². The molecule has 0 aliphatic carbocycles. The van der Waals surface area contributed by atoms with Gasteiger partial charge >= 0.3 is 0 Å². The van der Waals surface area contributed by atoms with Crippen LogP contribution in [0.25, 0.3) is 0 Å². The van der Waals surface area contributed by atoms with E-state index in [0.29, 0.717) is 6.42 Å². The van der Waals surface area contributed by atoms with E-state index >= 15 is 0 Å². The summed E-state index contributed by atoms with van der Waals surface area (Å²) in [5.41, 5.74) is 2.94. The first-order valence-corrected chi connectivity index (χ1v) is 6.13. The summed E-state index contributed by atoms with van der Waals surface area (Å²) in [6, 6.07) is 5.97. The number of pyridine rings is 1. The van der Waals surface area contributed by atoms with Gasteiger partial charge in [-0.05, 0) is 55.3 Å². The molecule has 19 heavy (non-hydrogen) atoms. The molecule has 0 saturated carbocycles. The number of nitrogens with zero attached hydrogens (tertiary/aromatic N) is 1. The molecular formula is C15H16F2N2. The Kier molecular flexibility index (Phi) is 4.22. The molecule has 2 rings (SSSR count). The first kappa shape index (κ1) is 13.6. The number of halogens is 2.